The van der Waals surface area contributed by atoms with Crippen LogP contribution in [0.25, 0.3) is 0 Å². The van der Waals surface area contributed by atoms with E-state index in [1.54, 1.807) is 0 Å². The Kier molecular flexibility index (Phi) is 5.79. The molecule has 1 heterocycles. The first-order chi connectivity index (χ1) is 14.4. The highest BCUT2D eigenvalue weighted by Crippen LogP contribution is 2.35. The summed E-state index contributed by atoms with van der Waals surface area (Å²) < 4.78 is 84.8. The maximum Gasteiger partial charge on any atom is 0.342 e. The van der Waals surface area contributed by atoms with E-state index in [9.17, 15) is 40.7 Å². The summed E-state index contributed by atoms with van der Waals surface area (Å²) in [5, 5.41) is 0. The molecule has 0 saturated carbocycles. The van der Waals surface area contributed by atoms with Crippen LogP contribution in [0, 0.1) is 11.6 Å². The minimum Gasteiger partial charge on any atom is -0.274 e. The van der Waals surface area contributed by atoms with Gasteiger partial charge in [-0.15, -0.1) is 0 Å². The summed E-state index contributed by atoms with van der Waals surface area (Å²) in [5.74, 6) is -4.71. The van der Waals surface area contributed by atoms with Gasteiger partial charge in [0, 0.05) is 0 Å². The molecular formula is C20H14F6N2O3. The lowest BCUT2D eigenvalue weighted by Crippen LogP contribution is -2.65. The van der Waals surface area contributed by atoms with E-state index in [4.69, 9.17) is 0 Å². The van der Waals surface area contributed by atoms with E-state index in [0.29, 0.717) is 0 Å². The minimum atomic E-state index is -4.27. The van der Waals surface area contributed by atoms with E-state index in [1.165, 1.54) is 0 Å². The Morgan fingerprint density at radius 2 is 0.968 bits per heavy atom. The van der Waals surface area contributed by atoms with Gasteiger partial charge in [-0.1, -0.05) is 24.3 Å². The van der Waals surface area contributed by atoms with E-state index in [2.05, 4.69) is 0 Å². The van der Waals surface area contributed by atoms with Crippen molar-refractivity contribution in [3.63, 3.8) is 0 Å². The molecule has 2 aromatic rings. The number of benzene rings is 2. The third-order valence-corrected chi connectivity index (χ3v) is 4.50. The fourth-order valence-electron chi connectivity index (χ4n) is 3.10. The normalized spacial score (nSPS) is 15.6. The molecule has 1 saturated heterocycles. The van der Waals surface area contributed by atoms with Gasteiger partial charge < -0.3 is 0 Å². The Balaban J connectivity index is 1.87. The number of amides is 4. The molecule has 0 unspecified atom stereocenters. The van der Waals surface area contributed by atoms with Crippen LogP contribution in [0.3, 0.4) is 0 Å². The molecule has 11 heteroatoms. The molecule has 4 amide bonds. The molecule has 1 fully saturated rings. The van der Waals surface area contributed by atoms with Crippen LogP contribution in [0.1, 0.15) is 17.5 Å². The topological polar surface area (TPSA) is 57.7 Å². The standard InChI is InChI=1S/C20H14F6N2O3/c21-14-5-1-12(2-6-14)10-19(23,24)27-16(29)9-17(30)28(18(27)31)20(25,26)11-13-3-7-15(22)8-4-13/h1-8H,9-11H2. The molecule has 0 radical (unpaired) electrons. The van der Waals surface area contributed by atoms with Gasteiger partial charge in [0.1, 0.15) is 18.1 Å². The summed E-state index contributed by atoms with van der Waals surface area (Å²) in [6.45, 7) is 0. The summed E-state index contributed by atoms with van der Waals surface area (Å²) >= 11 is 0. The van der Waals surface area contributed by atoms with Gasteiger partial charge in [0.2, 0.25) is 11.8 Å². The van der Waals surface area contributed by atoms with Crippen LogP contribution in [-0.2, 0) is 22.4 Å². The van der Waals surface area contributed by atoms with Gasteiger partial charge in [0.05, 0.1) is 12.8 Å². The second-order valence-electron chi connectivity index (χ2n) is 6.86. The smallest absolute Gasteiger partial charge is 0.274 e. The van der Waals surface area contributed by atoms with E-state index in [1.807, 2.05) is 0 Å². The molecule has 164 valence electrons. The molecule has 0 aliphatic carbocycles. The van der Waals surface area contributed by atoms with Crippen LogP contribution < -0.4 is 0 Å². The number of urea groups is 1. The third-order valence-electron chi connectivity index (χ3n) is 4.50. The van der Waals surface area contributed by atoms with Crippen LogP contribution in [-0.4, -0.2) is 39.7 Å². The number of alkyl halides is 4. The fraction of sp³-hybridized carbons (Fsp3) is 0.250. The van der Waals surface area contributed by atoms with Crippen molar-refractivity contribution in [3.05, 3.63) is 71.3 Å². The van der Waals surface area contributed by atoms with E-state index in [0.717, 1.165) is 48.5 Å². The minimum absolute atomic E-state index is 0.173. The predicted octanol–water partition coefficient (Wildman–Crippen LogP) is 4.12. The van der Waals surface area contributed by atoms with Crippen molar-refractivity contribution in [1.82, 2.24) is 9.80 Å². The van der Waals surface area contributed by atoms with Crippen LogP contribution in [0.4, 0.5) is 31.1 Å². The average molecular weight is 444 g/mol. The molecule has 2 aromatic carbocycles. The van der Waals surface area contributed by atoms with Crippen LogP contribution in [0.15, 0.2) is 48.5 Å². The maximum atomic E-state index is 14.7. The molecule has 5 nitrogen and oxygen atoms in total. The number of carbonyl (C=O) groups excluding carboxylic acids is 3. The summed E-state index contributed by atoms with van der Waals surface area (Å²) in [6.07, 6.45) is -3.91. The number of halogens is 6. The fourth-order valence-corrected chi connectivity index (χ4v) is 3.10. The second kappa shape index (κ2) is 8.05. The van der Waals surface area contributed by atoms with E-state index in [-0.39, 0.29) is 11.1 Å². The zero-order valence-corrected chi connectivity index (χ0v) is 15.6. The molecule has 0 bridgehead atoms. The third kappa shape index (κ3) is 4.70. The van der Waals surface area contributed by atoms with Gasteiger partial charge in [0.25, 0.3) is 0 Å². The Hall–Kier alpha value is -3.37. The second-order valence-corrected chi connectivity index (χ2v) is 6.86. The van der Waals surface area contributed by atoms with Gasteiger partial charge in [-0.2, -0.15) is 17.6 Å². The summed E-state index contributed by atoms with van der Waals surface area (Å²) in [6, 6.07) is -3.30. The molecule has 31 heavy (non-hydrogen) atoms. The molecular weight excluding hydrogens is 430 g/mol. The van der Waals surface area contributed by atoms with Crippen molar-refractivity contribution in [2.45, 2.75) is 31.4 Å². The summed E-state index contributed by atoms with van der Waals surface area (Å²) in [4.78, 5) is 35.1. The Bertz CT molecular complexity index is 929. The molecule has 0 spiro atoms. The Labute approximate surface area is 171 Å². The zero-order chi connectivity index (χ0) is 23.0. The van der Waals surface area contributed by atoms with Crippen molar-refractivity contribution in [1.29, 1.82) is 0 Å². The van der Waals surface area contributed by atoms with Gasteiger partial charge in [-0.05, 0) is 35.4 Å². The van der Waals surface area contributed by atoms with Crippen molar-refractivity contribution in [2.24, 2.45) is 0 Å². The first-order valence-corrected chi connectivity index (χ1v) is 8.85. The quantitative estimate of drug-likeness (QED) is 0.383. The molecule has 0 N–H and O–H groups in total. The first kappa shape index (κ1) is 22.3. The molecule has 1 aliphatic heterocycles. The number of imide groups is 2. The molecule has 0 atom stereocenters. The summed E-state index contributed by atoms with van der Waals surface area (Å²) in [5.41, 5.74) is -0.345. The van der Waals surface area contributed by atoms with Gasteiger partial charge >= 0.3 is 18.1 Å². The van der Waals surface area contributed by atoms with Crippen LogP contribution in [0.2, 0.25) is 0 Å². The lowest BCUT2D eigenvalue weighted by Gasteiger charge is -2.39. The lowest BCUT2D eigenvalue weighted by atomic mass is 10.1. The van der Waals surface area contributed by atoms with E-state index < -0.39 is 70.6 Å². The highest BCUT2D eigenvalue weighted by Gasteiger charge is 2.57. The number of carbonyl (C=O) groups is 3. The Morgan fingerprint density at radius 1 is 0.645 bits per heavy atom. The molecule has 0 aromatic heterocycles. The highest BCUT2D eigenvalue weighted by molar-refractivity contribution is 6.14. The largest absolute Gasteiger partial charge is 0.342 e. The van der Waals surface area contributed by atoms with Crippen molar-refractivity contribution in [3.8, 4) is 0 Å². The SMILES string of the molecule is O=C1CC(=O)N(C(F)(F)Cc2ccc(F)cc2)C(=O)N1C(F)(F)Cc1ccc(F)cc1. The number of barbiturate groups is 1. The molecule has 1 aliphatic rings. The summed E-state index contributed by atoms with van der Waals surface area (Å²) in [7, 11) is 0. The highest BCUT2D eigenvalue weighted by atomic mass is 19.3. The first-order valence-electron chi connectivity index (χ1n) is 8.85. The number of nitrogens with zero attached hydrogens (tertiary/aromatic N) is 2. The van der Waals surface area contributed by atoms with Gasteiger partial charge in [0.15, 0.2) is 0 Å². The lowest BCUT2D eigenvalue weighted by molar-refractivity contribution is -0.189. The van der Waals surface area contributed by atoms with Crippen molar-refractivity contribution >= 4 is 17.8 Å². The average Bonchev–Trinajstić information content (AvgIpc) is 2.64. The van der Waals surface area contributed by atoms with Gasteiger partial charge in [-0.3, -0.25) is 9.59 Å². The van der Waals surface area contributed by atoms with Crippen molar-refractivity contribution < 1.29 is 40.7 Å². The van der Waals surface area contributed by atoms with Crippen LogP contribution in [0.5, 0.6) is 0 Å². The molecule has 3 rings (SSSR count). The number of rotatable bonds is 6. The van der Waals surface area contributed by atoms with E-state index >= 15 is 0 Å². The monoisotopic (exact) mass is 444 g/mol. The predicted molar refractivity (Wildman–Crippen MR) is 93.8 cm³/mol. The number of hydrogen-bond donors (Lipinski definition) is 0. The van der Waals surface area contributed by atoms with Gasteiger partial charge in [-0.25, -0.2) is 23.4 Å². The van der Waals surface area contributed by atoms with Crippen molar-refractivity contribution in [2.75, 3.05) is 0 Å². The maximum absolute atomic E-state index is 14.7. The Morgan fingerprint density at radius 3 is 1.29 bits per heavy atom. The number of hydrogen-bond acceptors (Lipinski definition) is 3. The van der Waals surface area contributed by atoms with Crippen LogP contribution >= 0.6 is 0 Å². The zero-order valence-electron chi connectivity index (χ0n) is 15.6.